The van der Waals surface area contributed by atoms with E-state index in [-0.39, 0.29) is 5.91 Å². The number of pyridine rings is 2. The van der Waals surface area contributed by atoms with Crippen LogP contribution in [0.1, 0.15) is 10.5 Å². The van der Waals surface area contributed by atoms with Gasteiger partial charge in [-0.2, -0.15) is 0 Å². The number of likely N-dealkylation sites (N-methyl/N-ethyl adjacent to an activating group) is 1. The van der Waals surface area contributed by atoms with E-state index in [0.717, 1.165) is 16.9 Å². The molecule has 5 nitrogen and oxygen atoms in total. The summed E-state index contributed by atoms with van der Waals surface area (Å²) in [6.07, 6.45) is 1.72. The summed E-state index contributed by atoms with van der Waals surface area (Å²) >= 11 is 12.4. The molecule has 0 radical (unpaired) electrons. The molecule has 2 aromatic heterocycles. The van der Waals surface area contributed by atoms with Crippen LogP contribution in [0.15, 0.2) is 42.6 Å². The number of amides is 1. The van der Waals surface area contributed by atoms with Gasteiger partial charge in [0.1, 0.15) is 5.69 Å². The van der Waals surface area contributed by atoms with Crippen molar-refractivity contribution in [1.82, 2.24) is 9.97 Å². The fraction of sp³-hybridized carbons (Fsp3) is 0.167. The van der Waals surface area contributed by atoms with Gasteiger partial charge in [0.2, 0.25) is 0 Å². The van der Waals surface area contributed by atoms with Gasteiger partial charge in [-0.15, -0.1) is 0 Å². The van der Waals surface area contributed by atoms with Crippen molar-refractivity contribution in [3.63, 3.8) is 0 Å². The first-order chi connectivity index (χ1) is 12.0. The summed E-state index contributed by atoms with van der Waals surface area (Å²) in [6, 6.07) is 10.5. The molecule has 126 valence electrons. The molecule has 0 atom stereocenters. The molecular formula is C18H14Cl2N4O. The Kier molecular flexibility index (Phi) is 3.98. The lowest BCUT2D eigenvalue weighted by Crippen LogP contribution is -2.43. The minimum Gasteiger partial charge on any atom is -0.356 e. The average molecular weight is 373 g/mol. The largest absolute Gasteiger partial charge is 0.356 e. The van der Waals surface area contributed by atoms with Crippen LogP contribution >= 0.6 is 23.2 Å². The Labute approximate surface area is 154 Å². The lowest BCUT2D eigenvalue weighted by molar-refractivity contribution is 0.0982. The van der Waals surface area contributed by atoms with Gasteiger partial charge < -0.3 is 9.80 Å². The van der Waals surface area contributed by atoms with Crippen LogP contribution in [-0.4, -0.2) is 36.0 Å². The normalized spacial score (nSPS) is 13.9. The number of halogens is 2. The Hall–Kier alpha value is -2.37. The van der Waals surface area contributed by atoms with Gasteiger partial charge in [0.25, 0.3) is 5.91 Å². The van der Waals surface area contributed by atoms with Gasteiger partial charge in [-0.3, -0.25) is 4.79 Å². The molecular weight excluding hydrogens is 359 g/mol. The summed E-state index contributed by atoms with van der Waals surface area (Å²) < 4.78 is 0. The van der Waals surface area contributed by atoms with Gasteiger partial charge in [-0.1, -0.05) is 23.2 Å². The molecule has 1 aromatic carbocycles. The SMILES string of the molecule is CN1CCN(C(=O)c2cc(Cl)c3cc(Cl)ccc3n2)c2cccnc21. The van der Waals surface area contributed by atoms with Gasteiger partial charge in [-0.25, -0.2) is 9.97 Å². The maximum Gasteiger partial charge on any atom is 0.277 e. The molecule has 0 spiro atoms. The lowest BCUT2D eigenvalue weighted by atomic mass is 10.1. The Bertz CT molecular complexity index is 992. The maximum absolute atomic E-state index is 13.1. The number of rotatable bonds is 1. The second-order valence-corrected chi connectivity index (χ2v) is 6.72. The van der Waals surface area contributed by atoms with Crippen molar-refractivity contribution < 1.29 is 4.79 Å². The highest BCUT2D eigenvalue weighted by molar-refractivity contribution is 6.37. The topological polar surface area (TPSA) is 49.3 Å². The standard InChI is InChI=1S/C18H14Cl2N4O/c1-23-7-8-24(16-3-2-6-21-17(16)23)18(25)15-10-13(20)12-9-11(19)4-5-14(12)22-15/h2-6,9-10H,7-8H2,1H3. The van der Waals surface area contributed by atoms with Gasteiger partial charge in [0, 0.05) is 36.7 Å². The highest BCUT2D eigenvalue weighted by atomic mass is 35.5. The third-order valence-corrected chi connectivity index (χ3v) is 4.81. The van der Waals surface area contributed by atoms with Crippen LogP contribution in [0.3, 0.4) is 0 Å². The molecule has 7 heteroatoms. The molecule has 25 heavy (non-hydrogen) atoms. The summed E-state index contributed by atoms with van der Waals surface area (Å²) in [7, 11) is 1.96. The summed E-state index contributed by atoms with van der Waals surface area (Å²) in [5.74, 6) is 0.585. The number of benzene rings is 1. The van der Waals surface area contributed by atoms with E-state index in [2.05, 4.69) is 9.97 Å². The number of hydrogen-bond acceptors (Lipinski definition) is 4. The molecule has 3 aromatic rings. The second-order valence-electron chi connectivity index (χ2n) is 5.88. The number of anilines is 2. The Morgan fingerprint density at radius 3 is 2.84 bits per heavy atom. The van der Waals surface area contributed by atoms with Gasteiger partial charge in [0.15, 0.2) is 5.82 Å². The minimum absolute atomic E-state index is 0.193. The molecule has 3 heterocycles. The molecule has 0 saturated carbocycles. The van der Waals surface area contributed by atoms with Gasteiger partial charge >= 0.3 is 0 Å². The Morgan fingerprint density at radius 2 is 2.00 bits per heavy atom. The first-order valence-electron chi connectivity index (χ1n) is 7.78. The van der Waals surface area contributed by atoms with E-state index < -0.39 is 0 Å². The predicted octanol–water partition coefficient (Wildman–Crippen LogP) is 4.03. The van der Waals surface area contributed by atoms with Crippen LogP contribution in [0.2, 0.25) is 10.0 Å². The van der Waals surface area contributed by atoms with Crippen LogP contribution < -0.4 is 9.80 Å². The number of fused-ring (bicyclic) bond motifs is 2. The van der Waals surface area contributed by atoms with Crippen molar-refractivity contribution in [2.24, 2.45) is 0 Å². The predicted molar refractivity (Wildman–Crippen MR) is 101 cm³/mol. The lowest BCUT2D eigenvalue weighted by Gasteiger charge is -2.34. The fourth-order valence-corrected chi connectivity index (χ4v) is 3.41. The van der Waals surface area contributed by atoms with Crippen molar-refractivity contribution in [3.8, 4) is 0 Å². The van der Waals surface area contributed by atoms with Crippen molar-refractivity contribution in [1.29, 1.82) is 0 Å². The summed E-state index contributed by atoms with van der Waals surface area (Å²) in [6.45, 7) is 1.26. The summed E-state index contributed by atoms with van der Waals surface area (Å²) in [5.41, 5.74) is 1.72. The zero-order chi connectivity index (χ0) is 17.6. The maximum atomic E-state index is 13.1. The average Bonchev–Trinajstić information content (AvgIpc) is 2.62. The van der Waals surface area contributed by atoms with Crippen molar-refractivity contribution in [2.45, 2.75) is 0 Å². The molecule has 0 saturated heterocycles. The number of carbonyl (C=O) groups excluding carboxylic acids is 1. The molecule has 0 N–H and O–H groups in total. The monoisotopic (exact) mass is 372 g/mol. The highest BCUT2D eigenvalue weighted by Crippen LogP contribution is 2.32. The van der Waals surface area contributed by atoms with E-state index in [1.54, 1.807) is 35.4 Å². The molecule has 0 aliphatic carbocycles. The molecule has 1 aliphatic heterocycles. The first-order valence-corrected chi connectivity index (χ1v) is 8.54. The number of nitrogens with zero attached hydrogens (tertiary/aromatic N) is 4. The number of hydrogen-bond donors (Lipinski definition) is 0. The van der Waals surface area contributed by atoms with Crippen LogP contribution in [-0.2, 0) is 0 Å². The minimum atomic E-state index is -0.193. The summed E-state index contributed by atoms with van der Waals surface area (Å²) in [4.78, 5) is 25.6. The van der Waals surface area contributed by atoms with Gasteiger partial charge in [0.05, 0.1) is 16.2 Å². The Morgan fingerprint density at radius 1 is 1.16 bits per heavy atom. The van der Waals surface area contributed by atoms with Gasteiger partial charge in [-0.05, 0) is 36.4 Å². The fourth-order valence-electron chi connectivity index (χ4n) is 2.99. The quantitative estimate of drug-likeness (QED) is 0.646. The first kappa shape index (κ1) is 16.1. The highest BCUT2D eigenvalue weighted by Gasteiger charge is 2.27. The van der Waals surface area contributed by atoms with E-state index in [9.17, 15) is 4.79 Å². The van der Waals surface area contributed by atoms with E-state index in [1.165, 1.54) is 0 Å². The number of carbonyl (C=O) groups is 1. The smallest absolute Gasteiger partial charge is 0.277 e. The van der Waals surface area contributed by atoms with Crippen LogP contribution in [0.4, 0.5) is 11.5 Å². The molecule has 1 aliphatic rings. The third kappa shape index (κ3) is 2.79. The third-order valence-electron chi connectivity index (χ3n) is 4.26. The van der Waals surface area contributed by atoms with Crippen molar-refractivity contribution >= 4 is 51.5 Å². The molecule has 0 bridgehead atoms. The van der Waals surface area contributed by atoms with Crippen molar-refractivity contribution in [3.05, 3.63) is 58.3 Å². The van der Waals surface area contributed by atoms with E-state index in [0.29, 0.717) is 34.3 Å². The van der Waals surface area contributed by atoms with Crippen LogP contribution in [0, 0.1) is 0 Å². The van der Waals surface area contributed by atoms with Crippen LogP contribution in [0.5, 0.6) is 0 Å². The van der Waals surface area contributed by atoms with Crippen LogP contribution in [0.25, 0.3) is 10.9 Å². The molecule has 0 unspecified atom stereocenters. The van der Waals surface area contributed by atoms with E-state index in [1.807, 2.05) is 24.1 Å². The Balaban J connectivity index is 1.78. The van der Waals surface area contributed by atoms with E-state index >= 15 is 0 Å². The summed E-state index contributed by atoms with van der Waals surface area (Å²) in [5, 5.41) is 1.76. The zero-order valence-corrected chi connectivity index (χ0v) is 14.9. The number of aromatic nitrogens is 2. The molecule has 1 amide bonds. The van der Waals surface area contributed by atoms with Crippen molar-refractivity contribution in [2.75, 3.05) is 29.9 Å². The molecule has 0 fully saturated rings. The zero-order valence-electron chi connectivity index (χ0n) is 13.4. The second kappa shape index (κ2) is 6.17. The van der Waals surface area contributed by atoms with E-state index in [4.69, 9.17) is 23.2 Å². The molecule has 4 rings (SSSR count).